The summed E-state index contributed by atoms with van der Waals surface area (Å²) < 4.78 is 0. The quantitative estimate of drug-likeness (QED) is 0.683. The molecule has 1 aromatic carbocycles. The Morgan fingerprint density at radius 1 is 1.24 bits per heavy atom. The van der Waals surface area contributed by atoms with Gasteiger partial charge in [0, 0.05) is 16.9 Å². The third-order valence-electron chi connectivity index (χ3n) is 3.97. The molecule has 2 rings (SSSR count). The molecule has 1 aliphatic carbocycles. The molecule has 1 aromatic rings. The molecule has 6 heteroatoms. The van der Waals surface area contributed by atoms with Crippen molar-refractivity contribution in [3.8, 4) is 0 Å². The highest BCUT2D eigenvalue weighted by atomic mass is 16.2. The van der Waals surface area contributed by atoms with Crippen LogP contribution in [0.25, 0.3) is 0 Å². The summed E-state index contributed by atoms with van der Waals surface area (Å²) in [4.78, 5) is 23.3. The van der Waals surface area contributed by atoms with Crippen molar-refractivity contribution in [1.82, 2.24) is 0 Å². The zero-order chi connectivity index (χ0) is 15.5. The molecule has 21 heavy (non-hydrogen) atoms. The van der Waals surface area contributed by atoms with Crippen LogP contribution < -0.4 is 22.1 Å². The number of hydrogen-bond donors (Lipinski definition) is 4. The van der Waals surface area contributed by atoms with Gasteiger partial charge >= 0.3 is 6.03 Å². The summed E-state index contributed by atoms with van der Waals surface area (Å²) in [6.07, 6.45) is 3.75. The maximum absolute atomic E-state index is 12.4. The van der Waals surface area contributed by atoms with Crippen LogP contribution in [0.5, 0.6) is 0 Å². The lowest BCUT2D eigenvalue weighted by Gasteiger charge is -2.37. The predicted octanol–water partition coefficient (Wildman–Crippen LogP) is 2.02. The molecule has 0 heterocycles. The van der Waals surface area contributed by atoms with Crippen molar-refractivity contribution in [2.75, 3.05) is 10.6 Å². The van der Waals surface area contributed by atoms with E-state index in [0.717, 1.165) is 25.7 Å². The largest absolute Gasteiger partial charge is 0.351 e. The fraction of sp³-hybridized carbons (Fsp3) is 0.467. The number of nitrogens with two attached hydrogens (primary N) is 2. The number of carbonyl (C=O) groups excluding carboxylic acids is 2. The molecule has 114 valence electrons. The molecule has 6 N–H and O–H groups in total. The Morgan fingerprint density at radius 3 is 2.52 bits per heavy atom. The van der Waals surface area contributed by atoms with E-state index in [-0.39, 0.29) is 11.8 Å². The first-order chi connectivity index (χ1) is 9.88. The van der Waals surface area contributed by atoms with Crippen molar-refractivity contribution < 1.29 is 9.59 Å². The lowest BCUT2D eigenvalue weighted by atomic mass is 9.74. The van der Waals surface area contributed by atoms with Crippen LogP contribution in [0.15, 0.2) is 24.3 Å². The van der Waals surface area contributed by atoms with Crippen LogP contribution in [-0.2, 0) is 4.79 Å². The van der Waals surface area contributed by atoms with E-state index in [0.29, 0.717) is 11.4 Å². The molecule has 0 radical (unpaired) electrons. The fourth-order valence-corrected chi connectivity index (χ4v) is 2.84. The molecule has 0 bridgehead atoms. The standard InChI is InChI=1S/C15H22N4O2/c1-15(17)8-3-2-7-12(15)13(20)18-10-5-4-6-11(9-10)19-14(16)21/h4-6,9,12H,2-3,7-8,17H2,1H3,(H,18,20)(H3,16,19,21). The molecule has 6 nitrogen and oxygen atoms in total. The lowest BCUT2D eigenvalue weighted by molar-refractivity contribution is -0.122. The molecule has 2 atom stereocenters. The normalized spacial score (nSPS) is 25.1. The molecule has 0 aromatic heterocycles. The Hall–Kier alpha value is -2.08. The Balaban J connectivity index is 2.07. The molecule has 2 unspecified atom stereocenters. The first-order valence-electron chi connectivity index (χ1n) is 7.15. The number of benzene rings is 1. The average molecular weight is 290 g/mol. The highest BCUT2D eigenvalue weighted by Gasteiger charge is 2.37. The van der Waals surface area contributed by atoms with E-state index < -0.39 is 11.6 Å². The minimum atomic E-state index is -0.639. The molecular formula is C15H22N4O2. The summed E-state index contributed by atoms with van der Waals surface area (Å²) in [5, 5.41) is 5.35. The zero-order valence-electron chi connectivity index (χ0n) is 12.2. The van der Waals surface area contributed by atoms with E-state index in [4.69, 9.17) is 11.5 Å². The molecule has 1 saturated carbocycles. The van der Waals surface area contributed by atoms with Gasteiger partial charge in [-0.25, -0.2) is 4.79 Å². The molecule has 1 aliphatic rings. The van der Waals surface area contributed by atoms with Crippen molar-refractivity contribution >= 4 is 23.3 Å². The maximum atomic E-state index is 12.4. The molecule has 0 spiro atoms. The van der Waals surface area contributed by atoms with Crippen molar-refractivity contribution in [2.24, 2.45) is 17.4 Å². The lowest BCUT2D eigenvalue weighted by Crippen LogP contribution is -2.51. The second kappa shape index (κ2) is 6.13. The molecule has 0 saturated heterocycles. The van der Waals surface area contributed by atoms with Gasteiger partial charge in [0.1, 0.15) is 0 Å². The number of hydrogen-bond acceptors (Lipinski definition) is 3. The van der Waals surface area contributed by atoms with E-state index in [1.54, 1.807) is 24.3 Å². The molecule has 1 fully saturated rings. The van der Waals surface area contributed by atoms with Crippen LogP contribution in [0.3, 0.4) is 0 Å². The Morgan fingerprint density at radius 2 is 1.90 bits per heavy atom. The number of amides is 3. The summed E-state index contributed by atoms with van der Waals surface area (Å²) in [5.74, 6) is -0.269. The number of primary amides is 1. The Kier molecular flexibility index (Phi) is 4.47. The van der Waals surface area contributed by atoms with Crippen LogP contribution in [0, 0.1) is 5.92 Å². The van der Waals surface area contributed by atoms with Gasteiger partial charge in [-0.2, -0.15) is 0 Å². The number of carbonyl (C=O) groups is 2. The van der Waals surface area contributed by atoms with Gasteiger partial charge in [-0.15, -0.1) is 0 Å². The summed E-state index contributed by atoms with van der Waals surface area (Å²) in [7, 11) is 0. The predicted molar refractivity (Wildman–Crippen MR) is 82.8 cm³/mol. The molecule has 0 aliphatic heterocycles. The number of nitrogens with one attached hydrogen (secondary N) is 2. The van der Waals surface area contributed by atoms with Gasteiger partial charge in [-0.1, -0.05) is 18.9 Å². The van der Waals surface area contributed by atoms with Gasteiger partial charge in [-0.05, 0) is 38.0 Å². The van der Waals surface area contributed by atoms with Gasteiger partial charge < -0.3 is 22.1 Å². The van der Waals surface area contributed by atoms with E-state index >= 15 is 0 Å². The minimum absolute atomic E-state index is 0.0732. The average Bonchev–Trinajstić information content (AvgIpc) is 2.37. The van der Waals surface area contributed by atoms with Gasteiger partial charge in [0.15, 0.2) is 0 Å². The number of rotatable bonds is 3. The maximum Gasteiger partial charge on any atom is 0.316 e. The first-order valence-corrected chi connectivity index (χ1v) is 7.15. The molecular weight excluding hydrogens is 268 g/mol. The van der Waals surface area contributed by atoms with Crippen LogP contribution in [0.1, 0.15) is 32.6 Å². The fourth-order valence-electron chi connectivity index (χ4n) is 2.84. The third kappa shape index (κ3) is 3.95. The van der Waals surface area contributed by atoms with Gasteiger partial charge in [-0.3, -0.25) is 4.79 Å². The number of anilines is 2. The first kappa shape index (κ1) is 15.3. The smallest absolute Gasteiger partial charge is 0.316 e. The second-order valence-electron chi connectivity index (χ2n) is 5.86. The van der Waals surface area contributed by atoms with Gasteiger partial charge in [0.2, 0.25) is 5.91 Å². The highest BCUT2D eigenvalue weighted by molar-refractivity contribution is 5.95. The van der Waals surface area contributed by atoms with Crippen LogP contribution in [-0.4, -0.2) is 17.5 Å². The van der Waals surface area contributed by atoms with Crippen molar-refractivity contribution in [1.29, 1.82) is 0 Å². The Bertz CT molecular complexity index is 542. The second-order valence-corrected chi connectivity index (χ2v) is 5.86. The van der Waals surface area contributed by atoms with Crippen molar-refractivity contribution in [2.45, 2.75) is 38.1 Å². The van der Waals surface area contributed by atoms with Crippen LogP contribution >= 0.6 is 0 Å². The van der Waals surface area contributed by atoms with E-state index in [1.807, 2.05) is 6.92 Å². The number of urea groups is 1. The highest BCUT2D eigenvalue weighted by Crippen LogP contribution is 2.32. The van der Waals surface area contributed by atoms with E-state index in [9.17, 15) is 9.59 Å². The summed E-state index contributed by atoms with van der Waals surface area (Å²) >= 11 is 0. The van der Waals surface area contributed by atoms with Crippen molar-refractivity contribution in [3.63, 3.8) is 0 Å². The topological polar surface area (TPSA) is 110 Å². The van der Waals surface area contributed by atoms with Crippen LogP contribution in [0.2, 0.25) is 0 Å². The zero-order valence-corrected chi connectivity index (χ0v) is 12.2. The van der Waals surface area contributed by atoms with Crippen molar-refractivity contribution in [3.05, 3.63) is 24.3 Å². The molecule has 3 amide bonds. The SMILES string of the molecule is CC1(N)CCCCC1C(=O)Nc1cccc(NC(N)=O)c1. The monoisotopic (exact) mass is 290 g/mol. The summed E-state index contributed by atoms with van der Waals surface area (Å²) in [6, 6.07) is 6.23. The summed E-state index contributed by atoms with van der Waals surface area (Å²) in [6.45, 7) is 1.93. The third-order valence-corrected chi connectivity index (χ3v) is 3.97. The summed E-state index contributed by atoms with van der Waals surface area (Å²) in [5.41, 5.74) is 12.0. The van der Waals surface area contributed by atoms with E-state index in [1.165, 1.54) is 0 Å². The minimum Gasteiger partial charge on any atom is -0.351 e. The van der Waals surface area contributed by atoms with Gasteiger partial charge in [0.05, 0.1) is 5.92 Å². The van der Waals surface area contributed by atoms with Crippen LogP contribution in [0.4, 0.5) is 16.2 Å². The van der Waals surface area contributed by atoms with E-state index in [2.05, 4.69) is 10.6 Å². The van der Waals surface area contributed by atoms with Gasteiger partial charge in [0.25, 0.3) is 0 Å². The Labute approximate surface area is 124 Å².